The Morgan fingerprint density at radius 3 is 2.34 bits per heavy atom. The molecule has 152 valence electrons. The van der Waals surface area contributed by atoms with Crippen LogP contribution in [-0.4, -0.2) is 51.4 Å². The second-order valence-corrected chi connectivity index (χ2v) is 7.76. The monoisotopic (exact) mass is 438 g/mol. The van der Waals surface area contributed by atoms with E-state index in [-0.39, 0.29) is 5.91 Å². The van der Waals surface area contributed by atoms with Gasteiger partial charge in [-0.3, -0.25) is 14.3 Å². The Balaban J connectivity index is 1.45. The lowest BCUT2D eigenvalue weighted by Gasteiger charge is -2.34. The first-order valence-corrected chi connectivity index (χ1v) is 9.89. The van der Waals surface area contributed by atoms with Crippen molar-refractivity contribution in [3.63, 3.8) is 0 Å². The van der Waals surface area contributed by atoms with E-state index in [4.69, 9.17) is 23.2 Å². The SMILES string of the molecule is O=C(c1cc(Cl)cc(Cl)c1)N1CCN(Cc2nc3ccccc3n2C(F)F)CC1. The van der Waals surface area contributed by atoms with E-state index in [2.05, 4.69) is 4.98 Å². The van der Waals surface area contributed by atoms with E-state index in [1.165, 1.54) is 0 Å². The quantitative estimate of drug-likeness (QED) is 0.592. The number of rotatable bonds is 4. The summed E-state index contributed by atoms with van der Waals surface area (Å²) in [5, 5.41) is 0.816. The topological polar surface area (TPSA) is 41.4 Å². The van der Waals surface area contributed by atoms with Crippen LogP contribution in [0.4, 0.5) is 8.78 Å². The van der Waals surface area contributed by atoms with E-state index >= 15 is 0 Å². The van der Waals surface area contributed by atoms with Crippen molar-refractivity contribution in [1.29, 1.82) is 0 Å². The molecule has 1 fully saturated rings. The van der Waals surface area contributed by atoms with Crippen LogP contribution in [0.3, 0.4) is 0 Å². The Labute approximate surface area is 176 Å². The van der Waals surface area contributed by atoms with E-state index in [0.29, 0.717) is 65.2 Å². The molecule has 1 aliphatic rings. The van der Waals surface area contributed by atoms with Crippen molar-refractivity contribution >= 4 is 40.1 Å². The lowest BCUT2D eigenvalue weighted by atomic mass is 10.2. The molecule has 1 amide bonds. The highest BCUT2D eigenvalue weighted by atomic mass is 35.5. The maximum absolute atomic E-state index is 13.6. The Morgan fingerprint density at radius 2 is 1.69 bits per heavy atom. The molecule has 0 aliphatic carbocycles. The van der Waals surface area contributed by atoms with Crippen LogP contribution in [0, 0.1) is 0 Å². The van der Waals surface area contributed by atoms with Crippen molar-refractivity contribution < 1.29 is 13.6 Å². The van der Waals surface area contributed by atoms with Crippen LogP contribution in [0.25, 0.3) is 11.0 Å². The molecule has 0 atom stereocenters. The van der Waals surface area contributed by atoms with Crippen LogP contribution in [0.1, 0.15) is 22.7 Å². The van der Waals surface area contributed by atoms with Crippen LogP contribution in [-0.2, 0) is 6.54 Å². The molecule has 0 saturated carbocycles. The molecule has 1 saturated heterocycles. The number of imidazole rings is 1. The number of fused-ring (bicyclic) bond motifs is 1. The lowest BCUT2D eigenvalue weighted by Crippen LogP contribution is -2.48. The highest BCUT2D eigenvalue weighted by Crippen LogP contribution is 2.25. The highest BCUT2D eigenvalue weighted by molar-refractivity contribution is 6.35. The molecule has 0 unspecified atom stereocenters. The van der Waals surface area contributed by atoms with Gasteiger partial charge in [-0.25, -0.2) is 4.98 Å². The molecular weight excluding hydrogens is 421 g/mol. The van der Waals surface area contributed by atoms with Gasteiger partial charge in [0.1, 0.15) is 5.82 Å². The first-order valence-electron chi connectivity index (χ1n) is 9.14. The Morgan fingerprint density at radius 1 is 1.03 bits per heavy atom. The average molecular weight is 439 g/mol. The standard InChI is InChI=1S/C20H18Cl2F2N4O/c21-14-9-13(10-15(22)11-14)19(29)27-7-5-26(6-8-27)12-18-25-16-3-1-2-4-17(16)28(18)20(23)24/h1-4,9-11,20H,5-8,12H2. The van der Waals surface area contributed by atoms with E-state index in [0.717, 1.165) is 4.57 Å². The summed E-state index contributed by atoms with van der Waals surface area (Å²) >= 11 is 12.0. The number of benzene rings is 2. The van der Waals surface area contributed by atoms with E-state index in [1.54, 1.807) is 47.4 Å². The van der Waals surface area contributed by atoms with Gasteiger partial charge >= 0.3 is 6.55 Å². The maximum Gasteiger partial charge on any atom is 0.320 e. The summed E-state index contributed by atoms with van der Waals surface area (Å²) in [6, 6.07) is 11.6. The average Bonchev–Trinajstić information content (AvgIpc) is 3.05. The Bertz CT molecular complexity index is 1030. The number of hydrogen-bond donors (Lipinski definition) is 0. The second-order valence-electron chi connectivity index (χ2n) is 6.89. The van der Waals surface area contributed by atoms with Gasteiger partial charge in [0.2, 0.25) is 0 Å². The minimum Gasteiger partial charge on any atom is -0.336 e. The first kappa shape index (κ1) is 20.1. The Hall–Kier alpha value is -2.22. The van der Waals surface area contributed by atoms with Gasteiger partial charge in [-0.05, 0) is 30.3 Å². The molecular formula is C20H18Cl2F2N4O. The number of amides is 1. The molecule has 0 N–H and O–H groups in total. The Kier molecular flexibility index (Phi) is 5.72. The summed E-state index contributed by atoms with van der Waals surface area (Å²) in [7, 11) is 0. The molecule has 2 aromatic carbocycles. The summed E-state index contributed by atoms with van der Waals surface area (Å²) in [6.45, 7) is -0.272. The van der Waals surface area contributed by atoms with E-state index < -0.39 is 6.55 Å². The fourth-order valence-electron chi connectivity index (χ4n) is 3.59. The fourth-order valence-corrected chi connectivity index (χ4v) is 4.12. The summed E-state index contributed by atoms with van der Waals surface area (Å²) in [5.41, 5.74) is 1.41. The van der Waals surface area contributed by atoms with E-state index in [1.807, 2.05) is 4.90 Å². The van der Waals surface area contributed by atoms with Crippen LogP contribution in [0.5, 0.6) is 0 Å². The first-order chi connectivity index (χ1) is 13.9. The van der Waals surface area contributed by atoms with Crippen LogP contribution >= 0.6 is 23.2 Å². The van der Waals surface area contributed by atoms with Crippen LogP contribution in [0.15, 0.2) is 42.5 Å². The third kappa shape index (κ3) is 4.22. The number of aromatic nitrogens is 2. The molecule has 2 heterocycles. The van der Waals surface area contributed by atoms with Crippen molar-refractivity contribution in [2.45, 2.75) is 13.1 Å². The summed E-state index contributed by atoms with van der Waals surface area (Å²) in [5.74, 6) is 0.177. The van der Waals surface area contributed by atoms with E-state index in [9.17, 15) is 13.6 Å². The molecule has 1 aromatic heterocycles. The van der Waals surface area contributed by atoms with Crippen molar-refractivity contribution in [1.82, 2.24) is 19.4 Å². The summed E-state index contributed by atoms with van der Waals surface area (Å²) in [4.78, 5) is 20.8. The van der Waals surface area contributed by atoms with Crippen LogP contribution in [0.2, 0.25) is 10.0 Å². The summed E-state index contributed by atoms with van der Waals surface area (Å²) < 4.78 is 28.2. The van der Waals surface area contributed by atoms with Gasteiger partial charge in [0, 0.05) is 41.8 Å². The maximum atomic E-state index is 13.6. The zero-order valence-electron chi connectivity index (χ0n) is 15.4. The van der Waals surface area contributed by atoms with Gasteiger partial charge in [0.25, 0.3) is 5.91 Å². The third-order valence-corrected chi connectivity index (χ3v) is 5.43. The number of nitrogens with zero attached hydrogens (tertiary/aromatic N) is 4. The normalized spacial score (nSPS) is 15.4. The second kappa shape index (κ2) is 8.26. The molecule has 1 aliphatic heterocycles. The number of halogens is 4. The summed E-state index contributed by atoms with van der Waals surface area (Å²) in [6.07, 6.45) is 0. The molecule has 0 radical (unpaired) electrons. The van der Waals surface area contributed by atoms with Gasteiger partial charge in [0.05, 0.1) is 17.6 Å². The molecule has 0 spiro atoms. The van der Waals surface area contributed by atoms with Crippen molar-refractivity contribution in [3.05, 3.63) is 63.9 Å². The molecule has 29 heavy (non-hydrogen) atoms. The number of carbonyl (C=O) groups excluding carboxylic acids is 1. The number of carbonyl (C=O) groups is 1. The molecule has 0 bridgehead atoms. The number of alkyl halides is 2. The zero-order valence-corrected chi connectivity index (χ0v) is 16.9. The molecule has 4 rings (SSSR count). The zero-order chi connectivity index (χ0) is 20.5. The molecule has 9 heteroatoms. The lowest BCUT2D eigenvalue weighted by molar-refractivity contribution is 0.0574. The van der Waals surface area contributed by atoms with Gasteiger partial charge in [0.15, 0.2) is 0 Å². The predicted octanol–water partition coefficient (Wildman–Crippen LogP) is 4.70. The fraction of sp³-hybridized carbons (Fsp3) is 0.300. The van der Waals surface area contributed by atoms with Gasteiger partial charge < -0.3 is 4.90 Å². The number of piperazine rings is 1. The minimum absolute atomic E-state index is 0.145. The highest BCUT2D eigenvalue weighted by Gasteiger charge is 2.25. The van der Waals surface area contributed by atoms with Crippen molar-refractivity contribution in [2.24, 2.45) is 0 Å². The van der Waals surface area contributed by atoms with Gasteiger partial charge in [-0.2, -0.15) is 8.78 Å². The van der Waals surface area contributed by atoms with Gasteiger partial charge in [-0.1, -0.05) is 35.3 Å². The third-order valence-electron chi connectivity index (χ3n) is 5.00. The number of para-hydroxylation sites is 2. The van der Waals surface area contributed by atoms with Crippen molar-refractivity contribution in [2.75, 3.05) is 26.2 Å². The smallest absolute Gasteiger partial charge is 0.320 e. The molecule has 3 aromatic rings. The van der Waals surface area contributed by atoms with Crippen molar-refractivity contribution in [3.8, 4) is 0 Å². The number of hydrogen-bond acceptors (Lipinski definition) is 3. The largest absolute Gasteiger partial charge is 0.336 e. The minimum atomic E-state index is -2.66. The molecule has 5 nitrogen and oxygen atoms in total. The predicted molar refractivity (Wildman–Crippen MR) is 109 cm³/mol. The van der Waals surface area contributed by atoms with Gasteiger partial charge in [-0.15, -0.1) is 0 Å². The van der Waals surface area contributed by atoms with Crippen LogP contribution < -0.4 is 0 Å².